The van der Waals surface area contributed by atoms with Crippen LogP contribution in [0.2, 0.25) is 0 Å². The van der Waals surface area contributed by atoms with Crippen molar-refractivity contribution in [3.05, 3.63) is 21.9 Å². The molecule has 1 aromatic rings. The molecule has 0 saturated carbocycles. The van der Waals surface area contributed by atoms with E-state index in [0.29, 0.717) is 0 Å². The second kappa shape index (κ2) is 6.69. The fourth-order valence-electron chi connectivity index (χ4n) is 2.06. The SMILES string of the molecule is Cc1ccc(C(C(C)N)N(CCO)CC(F)(F)F)s1. The van der Waals surface area contributed by atoms with Gasteiger partial charge in [-0.25, -0.2) is 0 Å². The zero-order valence-electron chi connectivity index (χ0n) is 10.9. The van der Waals surface area contributed by atoms with Gasteiger partial charge >= 0.3 is 6.18 Å². The number of thiophene rings is 1. The van der Waals surface area contributed by atoms with Crippen molar-refractivity contribution in [2.75, 3.05) is 19.7 Å². The van der Waals surface area contributed by atoms with Crippen molar-refractivity contribution < 1.29 is 18.3 Å². The third-order valence-electron chi connectivity index (χ3n) is 2.71. The normalized spacial score (nSPS) is 15.8. The van der Waals surface area contributed by atoms with E-state index in [9.17, 15) is 13.2 Å². The molecule has 110 valence electrons. The van der Waals surface area contributed by atoms with E-state index >= 15 is 0 Å². The monoisotopic (exact) mass is 296 g/mol. The molecule has 0 aromatic carbocycles. The molecule has 0 aliphatic rings. The summed E-state index contributed by atoms with van der Waals surface area (Å²) in [6.45, 7) is 2.12. The van der Waals surface area contributed by atoms with Gasteiger partial charge in [-0.1, -0.05) is 0 Å². The molecule has 0 spiro atoms. The Morgan fingerprint density at radius 3 is 2.42 bits per heavy atom. The minimum absolute atomic E-state index is 0.0529. The van der Waals surface area contributed by atoms with Crippen molar-refractivity contribution in [2.24, 2.45) is 5.73 Å². The van der Waals surface area contributed by atoms with E-state index < -0.39 is 24.8 Å². The summed E-state index contributed by atoms with van der Waals surface area (Å²) in [6, 6.07) is 2.67. The molecular formula is C12H19F3N2OS. The molecule has 0 aliphatic heterocycles. The second-order valence-electron chi connectivity index (χ2n) is 4.56. The Morgan fingerprint density at radius 2 is 2.05 bits per heavy atom. The van der Waals surface area contributed by atoms with Gasteiger partial charge in [0.2, 0.25) is 0 Å². The molecule has 0 radical (unpaired) electrons. The average molecular weight is 296 g/mol. The Hall–Kier alpha value is -0.630. The first-order valence-electron chi connectivity index (χ1n) is 5.98. The van der Waals surface area contributed by atoms with Gasteiger partial charge in [0.05, 0.1) is 19.2 Å². The minimum atomic E-state index is -4.31. The number of aryl methyl sites for hydroxylation is 1. The highest BCUT2D eigenvalue weighted by Gasteiger charge is 2.35. The van der Waals surface area contributed by atoms with Gasteiger partial charge in [-0.15, -0.1) is 11.3 Å². The fraction of sp³-hybridized carbons (Fsp3) is 0.667. The summed E-state index contributed by atoms with van der Waals surface area (Å²) in [5.74, 6) is 0. The first-order valence-corrected chi connectivity index (χ1v) is 6.80. The van der Waals surface area contributed by atoms with Gasteiger partial charge in [0.25, 0.3) is 0 Å². The van der Waals surface area contributed by atoms with Crippen LogP contribution in [0.1, 0.15) is 22.7 Å². The number of hydrogen-bond donors (Lipinski definition) is 2. The van der Waals surface area contributed by atoms with Crippen LogP contribution < -0.4 is 5.73 Å². The van der Waals surface area contributed by atoms with E-state index in [4.69, 9.17) is 10.8 Å². The smallest absolute Gasteiger partial charge is 0.395 e. The molecule has 2 atom stereocenters. The van der Waals surface area contributed by atoms with Crippen LogP contribution >= 0.6 is 11.3 Å². The molecule has 0 aliphatic carbocycles. The van der Waals surface area contributed by atoms with Crippen LogP contribution in [0.3, 0.4) is 0 Å². The predicted octanol–water partition coefficient (Wildman–Crippen LogP) is 2.30. The molecule has 1 aromatic heterocycles. The molecule has 0 saturated heterocycles. The number of rotatable bonds is 6. The number of nitrogens with zero attached hydrogens (tertiary/aromatic N) is 1. The van der Waals surface area contributed by atoms with Crippen molar-refractivity contribution in [1.29, 1.82) is 0 Å². The molecular weight excluding hydrogens is 277 g/mol. The van der Waals surface area contributed by atoms with Crippen molar-refractivity contribution in [1.82, 2.24) is 4.90 Å². The lowest BCUT2D eigenvalue weighted by Gasteiger charge is -2.33. The first-order chi connectivity index (χ1) is 8.74. The van der Waals surface area contributed by atoms with E-state index in [1.165, 1.54) is 16.2 Å². The van der Waals surface area contributed by atoms with Crippen molar-refractivity contribution in [3.63, 3.8) is 0 Å². The van der Waals surface area contributed by atoms with E-state index in [2.05, 4.69) is 0 Å². The zero-order valence-corrected chi connectivity index (χ0v) is 11.8. The highest BCUT2D eigenvalue weighted by atomic mass is 32.1. The third kappa shape index (κ3) is 5.10. The molecule has 3 nitrogen and oxygen atoms in total. The van der Waals surface area contributed by atoms with E-state index in [1.807, 2.05) is 13.0 Å². The number of aliphatic hydroxyl groups excluding tert-OH is 1. The summed E-state index contributed by atoms with van der Waals surface area (Å²) in [7, 11) is 0. The second-order valence-corrected chi connectivity index (χ2v) is 5.88. The van der Waals surface area contributed by atoms with Gasteiger partial charge in [0.1, 0.15) is 0 Å². The molecule has 1 heterocycles. The largest absolute Gasteiger partial charge is 0.401 e. The van der Waals surface area contributed by atoms with Crippen molar-refractivity contribution in [3.8, 4) is 0 Å². The topological polar surface area (TPSA) is 49.5 Å². The van der Waals surface area contributed by atoms with Gasteiger partial charge in [-0.2, -0.15) is 13.2 Å². The minimum Gasteiger partial charge on any atom is -0.395 e. The molecule has 19 heavy (non-hydrogen) atoms. The van der Waals surface area contributed by atoms with Crippen LogP contribution in [-0.2, 0) is 0 Å². The number of halogens is 3. The molecule has 3 N–H and O–H groups in total. The number of aliphatic hydroxyl groups is 1. The molecule has 0 bridgehead atoms. The van der Waals surface area contributed by atoms with Gasteiger partial charge in [-0.05, 0) is 26.0 Å². The summed E-state index contributed by atoms with van der Waals surface area (Å²) in [5, 5.41) is 8.97. The Labute approximate surface area is 114 Å². The standard InChI is InChI=1S/C12H19F3N2OS/c1-8-3-4-10(19-8)11(9(2)16)17(5-6-18)7-12(13,14)15/h3-4,9,11,18H,5-7,16H2,1-2H3. The number of alkyl halides is 3. The van der Waals surface area contributed by atoms with Crippen molar-refractivity contribution in [2.45, 2.75) is 32.1 Å². The van der Waals surface area contributed by atoms with E-state index in [0.717, 1.165) is 9.75 Å². The molecule has 1 rings (SSSR count). The lowest BCUT2D eigenvalue weighted by molar-refractivity contribution is -0.152. The molecule has 0 amide bonds. The van der Waals surface area contributed by atoms with Gasteiger partial charge in [-0.3, -0.25) is 4.90 Å². The maximum Gasteiger partial charge on any atom is 0.401 e. The van der Waals surface area contributed by atoms with Gasteiger partial charge < -0.3 is 10.8 Å². The van der Waals surface area contributed by atoms with Crippen LogP contribution in [0, 0.1) is 6.92 Å². The zero-order chi connectivity index (χ0) is 14.6. The third-order valence-corrected chi connectivity index (χ3v) is 3.78. The quantitative estimate of drug-likeness (QED) is 0.847. The van der Waals surface area contributed by atoms with Crippen LogP contribution in [0.15, 0.2) is 12.1 Å². The molecule has 2 unspecified atom stereocenters. The molecule has 0 fully saturated rings. The first kappa shape index (κ1) is 16.4. The van der Waals surface area contributed by atoms with Crippen LogP contribution in [0.5, 0.6) is 0 Å². The Kier molecular flexibility index (Phi) is 5.79. The lowest BCUT2D eigenvalue weighted by Crippen LogP contribution is -2.45. The van der Waals surface area contributed by atoms with Gasteiger partial charge in [0.15, 0.2) is 0 Å². The lowest BCUT2D eigenvalue weighted by atomic mass is 10.1. The summed E-state index contributed by atoms with van der Waals surface area (Å²) in [5.41, 5.74) is 5.84. The fourth-order valence-corrected chi connectivity index (χ4v) is 3.19. The van der Waals surface area contributed by atoms with E-state index in [1.54, 1.807) is 13.0 Å². The Bertz CT molecular complexity index is 393. The van der Waals surface area contributed by atoms with Crippen LogP contribution in [0.4, 0.5) is 13.2 Å². The maximum absolute atomic E-state index is 12.6. The maximum atomic E-state index is 12.6. The number of hydrogen-bond acceptors (Lipinski definition) is 4. The van der Waals surface area contributed by atoms with Crippen LogP contribution in [-0.4, -0.2) is 41.9 Å². The summed E-state index contributed by atoms with van der Waals surface area (Å²) in [4.78, 5) is 3.01. The Balaban J connectivity index is 2.99. The molecule has 7 heteroatoms. The Morgan fingerprint density at radius 1 is 1.42 bits per heavy atom. The van der Waals surface area contributed by atoms with Crippen LogP contribution in [0.25, 0.3) is 0 Å². The average Bonchev–Trinajstić information content (AvgIpc) is 2.62. The van der Waals surface area contributed by atoms with Gasteiger partial charge in [0, 0.05) is 22.3 Å². The summed E-state index contributed by atoms with van der Waals surface area (Å²) in [6.07, 6.45) is -4.31. The van der Waals surface area contributed by atoms with E-state index in [-0.39, 0.29) is 13.2 Å². The number of nitrogens with two attached hydrogens (primary N) is 1. The summed E-state index contributed by atoms with van der Waals surface area (Å²) < 4.78 is 37.8. The summed E-state index contributed by atoms with van der Waals surface area (Å²) >= 11 is 1.43. The highest BCUT2D eigenvalue weighted by molar-refractivity contribution is 7.12. The predicted molar refractivity (Wildman–Crippen MR) is 70.2 cm³/mol. The van der Waals surface area contributed by atoms with Crippen molar-refractivity contribution >= 4 is 11.3 Å². The highest BCUT2D eigenvalue weighted by Crippen LogP contribution is 2.31.